The summed E-state index contributed by atoms with van der Waals surface area (Å²) in [6, 6.07) is 1.32. The van der Waals surface area contributed by atoms with Gasteiger partial charge in [0.25, 0.3) is 0 Å². The SMILES string of the molecule is C[C@H]1[C@@H](OCCCNC2CCN(c3c(F)cc4c(=O)c(C(=O)O)cn(C5CC5)c4c3Cl)C2)O[C@@H]2O[C@]3(C)CCC4[C@H](C)CC[C@@H]1C42OO3. The standard InChI is InChI=1S/C35H45ClFN3O8/c1-18-5-8-25-19(2)32(45-33-35(25)24(18)9-11-34(3,46-33)47-48-35)44-14-4-12-38-20-10-13-39(16-20)29-26(37)15-22-28(27(29)36)40(21-6-7-21)17-23(30(22)41)31(42)43/h15,17-21,24-25,32-33,38H,4-14,16H2,1-3H3,(H,42,43)/t18-,19-,20?,24?,25+,32+,33-,34+,35?/m1/s1. The molecule has 9 atom stereocenters. The lowest BCUT2D eigenvalue weighted by Crippen LogP contribution is -2.70. The molecule has 2 N–H and O–H groups in total. The number of benzene rings is 1. The molecule has 262 valence electrons. The highest BCUT2D eigenvalue weighted by Crippen LogP contribution is 2.60. The number of nitrogens with zero attached hydrogens (tertiary/aromatic N) is 2. The maximum atomic E-state index is 15.6. The molecule has 1 spiro atoms. The van der Waals surface area contributed by atoms with Gasteiger partial charge in [-0.25, -0.2) is 19.0 Å². The van der Waals surface area contributed by atoms with Gasteiger partial charge in [-0.15, -0.1) is 0 Å². The van der Waals surface area contributed by atoms with Crippen LogP contribution in [-0.4, -0.2) is 71.9 Å². The summed E-state index contributed by atoms with van der Waals surface area (Å²) >= 11 is 6.84. The number of fused-ring (bicyclic) bond motifs is 3. The van der Waals surface area contributed by atoms with Gasteiger partial charge < -0.3 is 34.1 Å². The number of nitrogens with one attached hydrogen (secondary N) is 1. The fourth-order valence-corrected chi connectivity index (χ4v) is 9.69. The average Bonchev–Trinajstić information content (AvgIpc) is 3.83. The van der Waals surface area contributed by atoms with E-state index in [4.69, 9.17) is 35.6 Å². The highest BCUT2D eigenvalue weighted by atomic mass is 35.5. The number of aromatic carboxylic acids is 1. The second-order valence-corrected chi connectivity index (χ2v) is 15.5. The lowest BCUT2D eigenvalue weighted by atomic mass is 9.58. The molecule has 2 aliphatic carbocycles. The number of rotatable bonds is 9. The van der Waals surface area contributed by atoms with Crippen molar-refractivity contribution < 1.29 is 38.3 Å². The second-order valence-electron chi connectivity index (χ2n) is 15.1. The van der Waals surface area contributed by atoms with Gasteiger partial charge in [0.2, 0.25) is 11.2 Å². The molecule has 7 fully saturated rings. The Morgan fingerprint density at radius 3 is 2.75 bits per heavy atom. The maximum Gasteiger partial charge on any atom is 0.341 e. The molecule has 2 saturated carbocycles. The van der Waals surface area contributed by atoms with Gasteiger partial charge >= 0.3 is 5.97 Å². The normalized spacial score (nSPS) is 37.5. The Balaban J connectivity index is 0.888. The summed E-state index contributed by atoms with van der Waals surface area (Å²) in [5.41, 5.74) is -1.04. The zero-order valence-electron chi connectivity index (χ0n) is 27.7. The number of aromatic nitrogens is 1. The van der Waals surface area contributed by atoms with Crippen molar-refractivity contribution in [1.82, 2.24) is 9.88 Å². The van der Waals surface area contributed by atoms with E-state index in [9.17, 15) is 14.7 Å². The molecule has 1 aromatic heterocycles. The Kier molecular flexibility index (Phi) is 8.33. The molecule has 3 unspecified atom stereocenters. The minimum Gasteiger partial charge on any atom is -0.477 e. The molecule has 2 bridgehead atoms. The van der Waals surface area contributed by atoms with E-state index in [-0.39, 0.29) is 45.6 Å². The van der Waals surface area contributed by atoms with Crippen molar-refractivity contribution in [2.24, 2.45) is 23.7 Å². The van der Waals surface area contributed by atoms with Crippen LogP contribution < -0.4 is 15.6 Å². The molecule has 0 radical (unpaired) electrons. The van der Waals surface area contributed by atoms with Gasteiger partial charge in [0.05, 0.1) is 28.2 Å². The number of halogens is 2. The fourth-order valence-electron chi connectivity index (χ4n) is 9.28. The van der Waals surface area contributed by atoms with E-state index in [0.29, 0.717) is 43.6 Å². The van der Waals surface area contributed by atoms with Gasteiger partial charge in [0.15, 0.2) is 18.2 Å². The second kappa shape index (κ2) is 12.2. The predicted octanol–water partition coefficient (Wildman–Crippen LogP) is 5.61. The number of pyridine rings is 1. The fraction of sp³-hybridized carbons (Fsp3) is 0.714. The summed E-state index contributed by atoms with van der Waals surface area (Å²) in [6.45, 7) is 8.80. The van der Waals surface area contributed by atoms with Gasteiger partial charge in [0, 0.05) is 49.6 Å². The Hall–Kier alpha value is -2.32. The largest absolute Gasteiger partial charge is 0.477 e. The lowest BCUT2D eigenvalue weighted by molar-refractivity contribution is -0.577. The van der Waals surface area contributed by atoms with Crippen molar-refractivity contribution in [1.29, 1.82) is 0 Å². The van der Waals surface area contributed by atoms with E-state index < -0.39 is 41.2 Å². The highest BCUT2D eigenvalue weighted by Gasteiger charge is 2.69. The van der Waals surface area contributed by atoms with E-state index in [1.807, 2.05) is 11.8 Å². The van der Waals surface area contributed by atoms with Crippen LogP contribution in [0.1, 0.15) is 88.5 Å². The van der Waals surface area contributed by atoms with Crippen LogP contribution in [0.4, 0.5) is 10.1 Å². The summed E-state index contributed by atoms with van der Waals surface area (Å²) in [6.07, 6.45) is 7.63. The molecular weight excluding hydrogens is 645 g/mol. The van der Waals surface area contributed by atoms with E-state index in [2.05, 4.69) is 19.2 Å². The van der Waals surface area contributed by atoms with Gasteiger partial charge in [-0.05, 0) is 76.3 Å². The highest BCUT2D eigenvalue weighted by molar-refractivity contribution is 6.38. The van der Waals surface area contributed by atoms with Gasteiger partial charge in [-0.1, -0.05) is 25.4 Å². The number of anilines is 1. The van der Waals surface area contributed by atoms with Crippen LogP contribution >= 0.6 is 11.6 Å². The number of hydrogen-bond acceptors (Lipinski definition) is 9. The minimum absolute atomic E-state index is 0.000568. The third-order valence-electron chi connectivity index (χ3n) is 12.0. The van der Waals surface area contributed by atoms with Crippen molar-refractivity contribution in [3.05, 3.63) is 38.9 Å². The molecule has 7 aliphatic rings. The summed E-state index contributed by atoms with van der Waals surface area (Å²) in [5, 5.41) is 13.3. The summed E-state index contributed by atoms with van der Waals surface area (Å²) < 4.78 is 36.6. The molecule has 0 amide bonds. The molecule has 13 heteroatoms. The lowest BCUT2D eigenvalue weighted by Gasteiger charge is -2.60. The number of ether oxygens (including phenoxy) is 3. The topological polar surface area (TPSA) is 121 Å². The van der Waals surface area contributed by atoms with Gasteiger partial charge in [0.1, 0.15) is 11.4 Å². The van der Waals surface area contributed by atoms with Crippen molar-refractivity contribution in [3.63, 3.8) is 0 Å². The molecule has 48 heavy (non-hydrogen) atoms. The van der Waals surface area contributed by atoms with Crippen LogP contribution in [0.3, 0.4) is 0 Å². The third-order valence-corrected chi connectivity index (χ3v) is 12.4. The van der Waals surface area contributed by atoms with Crippen LogP contribution in [0.15, 0.2) is 17.1 Å². The molecular formula is C35H45ClFN3O8. The average molecular weight is 690 g/mol. The molecule has 5 saturated heterocycles. The Bertz CT molecular complexity index is 1670. The first-order valence-electron chi connectivity index (χ1n) is 17.6. The summed E-state index contributed by atoms with van der Waals surface area (Å²) in [7, 11) is 0. The minimum atomic E-state index is -1.33. The molecule has 6 heterocycles. The Morgan fingerprint density at radius 2 is 1.98 bits per heavy atom. The quantitative estimate of drug-likeness (QED) is 0.254. The molecule has 1 aromatic carbocycles. The third kappa shape index (κ3) is 5.29. The smallest absolute Gasteiger partial charge is 0.341 e. The molecule has 9 rings (SSSR count). The molecule has 11 nitrogen and oxygen atoms in total. The molecule has 2 aromatic rings. The number of hydrogen-bond donors (Lipinski definition) is 2. The summed E-state index contributed by atoms with van der Waals surface area (Å²) in [5.74, 6) is -1.61. The van der Waals surface area contributed by atoms with Crippen molar-refractivity contribution in [2.45, 2.75) is 108 Å². The predicted molar refractivity (Wildman–Crippen MR) is 174 cm³/mol. The van der Waals surface area contributed by atoms with Crippen LogP contribution in [0.25, 0.3) is 10.9 Å². The Morgan fingerprint density at radius 1 is 1.17 bits per heavy atom. The van der Waals surface area contributed by atoms with E-state index in [1.165, 1.54) is 6.20 Å². The van der Waals surface area contributed by atoms with Gasteiger partial charge in [-0.2, -0.15) is 0 Å². The number of carboxylic acid groups (broad SMARTS) is 1. The first-order valence-corrected chi connectivity index (χ1v) is 18.0. The number of carboxylic acids is 1. The van der Waals surface area contributed by atoms with E-state index in [1.54, 1.807) is 4.57 Å². The first-order chi connectivity index (χ1) is 23.0. The van der Waals surface area contributed by atoms with E-state index in [0.717, 1.165) is 57.4 Å². The monoisotopic (exact) mass is 689 g/mol. The van der Waals surface area contributed by atoms with Crippen molar-refractivity contribution in [2.75, 3.05) is 31.1 Å². The van der Waals surface area contributed by atoms with Crippen molar-refractivity contribution >= 4 is 34.2 Å². The zero-order valence-corrected chi connectivity index (χ0v) is 28.5. The van der Waals surface area contributed by atoms with E-state index >= 15 is 4.39 Å². The molecule has 5 aliphatic heterocycles. The van der Waals surface area contributed by atoms with Crippen LogP contribution in [-0.2, 0) is 24.0 Å². The van der Waals surface area contributed by atoms with Crippen LogP contribution in [0.5, 0.6) is 0 Å². The first kappa shape index (κ1) is 32.9. The summed E-state index contributed by atoms with van der Waals surface area (Å²) in [4.78, 5) is 38.7. The van der Waals surface area contributed by atoms with Crippen molar-refractivity contribution in [3.8, 4) is 0 Å². The van der Waals surface area contributed by atoms with Crippen LogP contribution in [0.2, 0.25) is 5.02 Å². The van der Waals surface area contributed by atoms with Gasteiger partial charge in [-0.3, -0.25) is 4.79 Å². The Labute approximate surface area is 283 Å². The number of carbonyl (C=O) groups is 1. The zero-order chi connectivity index (χ0) is 33.5. The van der Waals surface area contributed by atoms with Crippen LogP contribution in [0, 0.1) is 29.5 Å². The maximum absolute atomic E-state index is 15.6.